The lowest BCUT2D eigenvalue weighted by atomic mass is 10.1. The zero-order valence-corrected chi connectivity index (χ0v) is 20.4. The van der Waals surface area contributed by atoms with Gasteiger partial charge in [0.2, 0.25) is 0 Å². The number of nitrogens with zero attached hydrogens (tertiary/aromatic N) is 2. The molecule has 2 aromatic heterocycles. The van der Waals surface area contributed by atoms with Gasteiger partial charge in [-0.15, -0.1) is 11.3 Å². The van der Waals surface area contributed by atoms with Gasteiger partial charge < -0.3 is 19.5 Å². The lowest BCUT2D eigenvalue weighted by molar-refractivity contribution is 0.0722. The number of halogens is 1. The molecule has 1 N–H and O–H groups in total. The number of nitrogens with one attached hydrogen (secondary N) is 1. The molecule has 0 saturated heterocycles. The number of furan rings is 1. The number of anilines is 2. The van der Waals surface area contributed by atoms with Crippen molar-refractivity contribution in [1.29, 1.82) is 0 Å². The Morgan fingerprint density at radius 2 is 1.82 bits per heavy atom. The van der Waals surface area contributed by atoms with Gasteiger partial charge in [-0.25, -0.2) is 0 Å². The Morgan fingerprint density at radius 3 is 2.50 bits per heavy atom. The molecule has 4 aromatic rings. The minimum absolute atomic E-state index is 0.0818. The van der Waals surface area contributed by atoms with Gasteiger partial charge >= 0.3 is 0 Å². The highest BCUT2D eigenvalue weighted by molar-refractivity contribution is 7.12. The summed E-state index contributed by atoms with van der Waals surface area (Å²) >= 11 is 7.59. The van der Waals surface area contributed by atoms with E-state index in [1.54, 1.807) is 41.5 Å². The summed E-state index contributed by atoms with van der Waals surface area (Å²) in [6, 6.07) is 19.9. The number of hydrogen-bond acceptors (Lipinski definition) is 5. The fourth-order valence-corrected chi connectivity index (χ4v) is 4.53. The van der Waals surface area contributed by atoms with Gasteiger partial charge in [-0.1, -0.05) is 29.8 Å². The van der Waals surface area contributed by atoms with E-state index in [2.05, 4.69) is 5.32 Å². The van der Waals surface area contributed by atoms with E-state index in [0.29, 0.717) is 40.0 Å². The average Bonchev–Trinajstić information content (AvgIpc) is 3.53. The van der Waals surface area contributed by atoms with E-state index in [4.69, 9.17) is 16.0 Å². The molecule has 2 heterocycles. The van der Waals surface area contributed by atoms with Crippen molar-refractivity contribution in [2.75, 3.05) is 24.3 Å². The van der Waals surface area contributed by atoms with Gasteiger partial charge in [-0.05, 0) is 59.5 Å². The molecule has 174 valence electrons. The van der Waals surface area contributed by atoms with E-state index in [9.17, 15) is 9.59 Å². The second kappa shape index (κ2) is 10.6. The third-order valence-corrected chi connectivity index (χ3v) is 6.43. The second-order valence-electron chi connectivity index (χ2n) is 7.89. The number of carbonyl (C=O) groups is 2. The Hall–Kier alpha value is -3.55. The molecule has 2 aromatic carbocycles. The highest BCUT2D eigenvalue weighted by Gasteiger charge is 2.21. The summed E-state index contributed by atoms with van der Waals surface area (Å²) in [6.07, 6.45) is 1.60. The van der Waals surface area contributed by atoms with Gasteiger partial charge in [0.1, 0.15) is 5.76 Å². The summed E-state index contributed by atoms with van der Waals surface area (Å²) in [4.78, 5) is 30.5. The Bertz CT molecular complexity index is 1270. The molecule has 6 nitrogen and oxygen atoms in total. The molecule has 4 rings (SSSR count). The minimum Gasteiger partial charge on any atom is -0.467 e. The van der Waals surface area contributed by atoms with Crippen LogP contribution in [0.5, 0.6) is 0 Å². The van der Waals surface area contributed by atoms with Gasteiger partial charge in [0, 0.05) is 32.0 Å². The quantitative estimate of drug-likeness (QED) is 0.319. The van der Waals surface area contributed by atoms with Crippen LogP contribution in [0.2, 0.25) is 5.02 Å². The summed E-state index contributed by atoms with van der Waals surface area (Å²) in [5, 5.41) is 5.19. The summed E-state index contributed by atoms with van der Waals surface area (Å²) < 4.78 is 5.51. The molecular formula is C26H24ClN3O3S. The molecule has 0 spiro atoms. The number of benzene rings is 2. The van der Waals surface area contributed by atoms with Crippen molar-refractivity contribution < 1.29 is 14.0 Å². The number of amides is 2. The molecule has 0 radical (unpaired) electrons. The standard InChI is InChI=1S/C26H24ClN3O3S/c1-29(2)23-12-11-19(28-25(31)21-8-3-4-9-22(21)27)15-18(23)16-30(17-20-7-5-13-33-20)26(32)24-10-6-14-34-24/h3-15H,16-17H2,1-2H3,(H,28,31). The Labute approximate surface area is 207 Å². The van der Waals surface area contributed by atoms with Crippen LogP contribution < -0.4 is 10.2 Å². The topological polar surface area (TPSA) is 65.8 Å². The van der Waals surface area contributed by atoms with E-state index >= 15 is 0 Å². The number of rotatable bonds is 8. The molecule has 0 aliphatic heterocycles. The third-order valence-electron chi connectivity index (χ3n) is 5.24. The molecule has 0 bridgehead atoms. The summed E-state index contributed by atoms with van der Waals surface area (Å²) in [6.45, 7) is 0.660. The van der Waals surface area contributed by atoms with Crippen LogP contribution in [0.25, 0.3) is 0 Å². The predicted molar refractivity (Wildman–Crippen MR) is 137 cm³/mol. The lowest BCUT2D eigenvalue weighted by Gasteiger charge is -2.25. The molecular weight excluding hydrogens is 470 g/mol. The average molecular weight is 494 g/mol. The molecule has 0 aliphatic rings. The smallest absolute Gasteiger partial charge is 0.264 e. The molecule has 34 heavy (non-hydrogen) atoms. The first-order chi connectivity index (χ1) is 16.4. The van der Waals surface area contributed by atoms with Crippen molar-refractivity contribution in [2.24, 2.45) is 0 Å². The number of carbonyl (C=O) groups excluding carboxylic acids is 2. The van der Waals surface area contributed by atoms with E-state index in [-0.39, 0.29) is 11.8 Å². The number of thiophene rings is 1. The van der Waals surface area contributed by atoms with Crippen molar-refractivity contribution in [1.82, 2.24) is 4.90 Å². The van der Waals surface area contributed by atoms with Crippen molar-refractivity contribution in [2.45, 2.75) is 13.1 Å². The van der Waals surface area contributed by atoms with E-state index in [0.717, 1.165) is 11.3 Å². The molecule has 8 heteroatoms. The maximum atomic E-state index is 13.3. The van der Waals surface area contributed by atoms with Crippen molar-refractivity contribution in [3.63, 3.8) is 0 Å². The van der Waals surface area contributed by atoms with Crippen molar-refractivity contribution in [3.05, 3.63) is 105 Å². The Morgan fingerprint density at radius 1 is 1.00 bits per heavy atom. The zero-order valence-electron chi connectivity index (χ0n) is 18.8. The molecule has 0 atom stereocenters. The van der Waals surface area contributed by atoms with Gasteiger partial charge in [-0.2, -0.15) is 0 Å². The molecule has 2 amide bonds. The van der Waals surface area contributed by atoms with Crippen molar-refractivity contribution >= 4 is 46.1 Å². The normalized spacial score (nSPS) is 10.7. The summed E-state index contributed by atoms with van der Waals surface area (Å²) in [5.41, 5.74) is 2.85. The Balaban J connectivity index is 1.64. The Kier molecular flexibility index (Phi) is 7.35. The first-order valence-electron chi connectivity index (χ1n) is 10.6. The first-order valence-corrected chi connectivity index (χ1v) is 11.9. The van der Waals surface area contributed by atoms with Crippen LogP contribution in [0.15, 0.2) is 82.8 Å². The monoisotopic (exact) mass is 493 g/mol. The van der Waals surface area contributed by atoms with Crippen LogP contribution in [0.3, 0.4) is 0 Å². The fourth-order valence-electron chi connectivity index (χ4n) is 3.62. The zero-order chi connectivity index (χ0) is 24.1. The summed E-state index contributed by atoms with van der Waals surface area (Å²) in [5.74, 6) is 0.317. The minimum atomic E-state index is -0.295. The summed E-state index contributed by atoms with van der Waals surface area (Å²) in [7, 11) is 3.89. The van der Waals surface area contributed by atoms with Crippen molar-refractivity contribution in [3.8, 4) is 0 Å². The lowest BCUT2D eigenvalue weighted by Crippen LogP contribution is -2.30. The van der Waals surface area contributed by atoms with Crippen LogP contribution in [0.1, 0.15) is 31.4 Å². The van der Waals surface area contributed by atoms with Gasteiger partial charge in [0.05, 0.1) is 28.3 Å². The van der Waals surface area contributed by atoms with Crippen LogP contribution in [-0.4, -0.2) is 30.8 Å². The van der Waals surface area contributed by atoms with Crippen LogP contribution >= 0.6 is 22.9 Å². The van der Waals surface area contributed by atoms with E-state index in [1.165, 1.54) is 11.3 Å². The van der Waals surface area contributed by atoms with Crippen LogP contribution in [0, 0.1) is 0 Å². The predicted octanol–water partition coefficient (Wildman–Crippen LogP) is 6.16. The van der Waals surface area contributed by atoms with Crippen LogP contribution in [-0.2, 0) is 13.1 Å². The largest absolute Gasteiger partial charge is 0.467 e. The van der Waals surface area contributed by atoms with Crippen LogP contribution in [0.4, 0.5) is 11.4 Å². The van der Waals surface area contributed by atoms with E-state index < -0.39 is 0 Å². The maximum absolute atomic E-state index is 13.3. The van der Waals surface area contributed by atoms with Gasteiger partial charge in [0.25, 0.3) is 11.8 Å². The second-order valence-corrected chi connectivity index (χ2v) is 9.24. The van der Waals surface area contributed by atoms with E-state index in [1.807, 2.05) is 60.8 Å². The third kappa shape index (κ3) is 5.50. The SMILES string of the molecule is CN(C)c1ccc(NC(=O)c2ccccc2Cl)cc1CN(Cc1ccco1)C(=O)c1cccs1. The highest BCUT2D eigenvalue weighted by Crippen LogP contribution is 2.27. The molecule has 0 fully saturated rings. The highest BCUT2D eigenvalue weighted by atomic mass is 35.5. The number of hydrogen-bond donors (Lipinski definition) is 1. The first kappa shape index (κ1) is 23.6. The molecule has 0 aliphatic carbocycles. The molecule has 0 unspecified atom stereocenters. The maximum Gasteiger partial charge on any atom is 0.264 e. The van der Waals surface area contributed by atoms with Gasteiger partial charge in [-0.3, -0.25) is 9.59 Å². The molecule has 0 saturated carbocycles. The fraction of sp³-hybridized carbons (Fsp3) is 0.154. The van der Waals surface area contributed by atoms with Gasteiger partial charge in [0.15, 0.2) is 0 Å².